The van der Waals surface area contributed by atoms with Crippen LogP contribution in [0.15, 0.2) is 71.6 Å². The van der Waals surface area contributed by atoms with Crippen molar-refractivity contribution in [2.45, 2.75) is 50.3 Å². The lowest BCUT2D eigenvalue weighted by Crippen LogP contribution is -2.65. The highest BCUT2D eigenvalue weighted by molar-refractivity contribution is 7.90. The molecule has 1 N–H and O–H groups in total. The number of para-hydroxylation sites is 1. The topological polar surface area (TPSA) is 122 Å². The van der Waals surface area contributed by atoms with E-state index in [0.717, 1.165) is 21.0 Å². The van der Waals surface area contributed by atoms with Gasteiger partial charge < -0.3 is 14.7 Å². The van der Waals surface area contributed by atoms with E-state index in [-0.39, 0.29) is 18.0 Å². The average molecular weight is 671 g/mol. The van der Waals surface area contributed by atoms with Crippen LogP contribution in [0.3, 0.4) is 0 Å². The van der Waals surface area contributed by atoms with Gasteiger partial charge in [0.25, 0.3) is 0 Å². The van der Waals surface area contributed by atoms with Gasteiger partial charge in [0.05, 0.1) is 38.4 Å². The number of hydrogen-bond donors (Lipinski definition) is 1. The Labute approximate surface area is 271 Å². The van der Waals surface area contributed by atoms with Crippen LogP contribution >= 0.6 is 22.9 Å². The Hall–Kier alpha value is -3.71. The highest BCUT2D eigenvalue weighted by Crippen LogP contribution is 2.38. The Morgan fingerprint density at radius 1 is 1.04 bits per heavy atom. The van der Waals surface area contributed by atoms with Gasteiger partial charge in [-0.25, -0.2) is 17.9 Å². The van der Waals surface area contributed by atoms with Crippen LogP contribution < -0.4 is 0 Å². The molecule has 3 heterocycles. The van der Waals surface area contributed by atoms with Gasteiger partial charge in [-0.3, -0.25) is 9.69 Å². The molecule has 0 aliphatic carbocycles. The van der Waals surface area contributed by atoms with E-state index in [0.29, 0.717) is 29.5 Å². The maximum Gasteiger partial charge on any atom is 0.410 e. The summed E-state index contributed by atoms with van der Waals surface area (Å²) in [5.74, 6) is -1.05. The summed E-state index contributed by atoms with van der Waals surface area (Å²) >= 11 is 8.09. The Kier molecular flexibility index (Phi) is 8.89. The molecular weight excluding hydrogens is 636 g/mol. The third kappa shape index (κ3) is 7.09. The number of carbonyl (C=O) groups excluding carboxylic acids is 1. The summed E-state index contributed by atoms with van der Waals surface area (Å²) in [5.41, 5.74) is 0.719. The molecule has 0 radical (unpaired) electrons. The summed E-state index contributed by atoms with van der Waals surface area (Å²) < 4.78 is 31.6. The number of piperazine rings is 1. The van der Waals surface area contributed by atoms with Gasteiger partial charge >= 0.3 is 12.1 Å². The molecule has 238 valence electrons. The lowest BCUT2D eigenvalue weighted by Gasteiger charge is -2.45. The minimum atomic E-state index is -3.37. The summed E-state index contributed by atoms with van der Waals surface area (Å²) in [6.07, 6.45) is 0.637. The van der Waals surface area contributed by atoms with Crippen LogP contribution in [0.5, 0.6) is 0 Å². The van der Waals surface area contributed by atoms with Gasteiger partial charge in [-0.15, -0.1) is 11.3 Å². The van der Waals surface area contributed by atoms with E-state index in [4.69, 9.17) is 21.4 Å². The summed E-state index contributed by atoms with van der Waals surface area (Å²) in [6, 6.07) is 19.9. The number of thiophene rings is 1. The minimum absolute atomic E-state index is 0.0455. The predicted octanol–water partition coefficient (Wildman–Crippen LogP) is 6.22. The number of carbonyl (C=O) groups is 2. The Bertz CT molecular complexity index is 1860. The van der Waals surface area contributed by atoms with Gasteiger partial charge in [0, 0.05) is 30.8 Å². The summed E-state index contributed by atoms with van der Waals surface area (Å²) in [7, 11) is -3.37. The fraction of sp³-hybridized carbons (Fsp3) is 0.344. The van der Waals surface area contributed by atoms with Crippen LogP contribution in [0.2, 0.25) is 5.02 Å². The minimum Gasteiger partial charge on any atom is -0.480 e. The van der Waals surface area contributed by atoms with E-state index in [2.05, 4.69) is 0 Å². The van der Waals surface area contributed by atoms with Crippen molar-refractivity contribution in [1.82, 2.24) is 19.6 Å². The molecule has 2 aromatic heterocycles. The third-order valence-electron chi connectivity index (χ3n) is 7.55. The number of hydrogen-bond acceptors (Lipinski definition) is 8. The largest absolute Gasteiger partial charge is 0.480 e. The second kappa shape index (κ2) is 12.2. The number of aliphatic carboxylic acids is 1. The molecule has 13 heteroatoms. The second-order valence-electron chi connectivity index (χ2n) is 12.3. The van der Waals surface area contributed by atoms with Gasteiger partial charge in [0.15, 0.2) is 9.84 Å². The number of amides is 1. The van der Waals surface area contributed by atoms with Crippen LogP contribution in [0, 0.1) is 0 Å². The standard InChI is InChI=1S/C32H35ClN4O6S2/c1-31(2,3)43-30(40)35-15-16-36(32(4,20-35)29(38)39)19-22-18-26(37(34-22)25-12-7-6-11-24(25)33)28-14-13-27(44-28)21-9-8-10-23(17-21)45(5,41)42/h6-14,17-18H,15-16,19-20H2,1-5H3,(H,38,39). The summed E-state index contributed by atoms with van der Waals surface area (Å²) in [4.78, 5) is 30.6. The molecule has 45 heavy (non-hydrogen) atoms. The van der Waals surface area contributed by atoms with Gasteiger partial charge in [-0.1, -0.05) is 35.9 Å². The number of benzene rings is 2. The molecule has 1 aliphatic rings. The lowest BCUT2D eigenvalue weighted by atomic mass is 9.96. The lowest BCUT2D eigenvalue weighted by molar-refractivity contribution is -0.155. The van der Waals surface area contributed by atoms with E-state index in [1.807, 2.05) is 47.4 Å². The van der Waals surface area contributed by atoms with E-state index in [1.165, 1.54) is 22.5 Å². The quantitative estimate of drug-likeness (QED) is 0.246. The molecule has 10 nitrogen and oxygen atoms in total. The first-order chi connectivity index (χ1) is 21.0. The monoisotopic (exact) mass is 670 g/mol. The number of carboxylic acids is 1. The van der Waals surface area contributed by atoms with Crippen LogP contribution in [0.4, 0.5) is 4.79 Å². The van der Waals surface area contributed by atoms with Crippen molar-refractivity contribution >= 4 is 44.8 Å². The maximum absolute atomic E-state index is 12.8. The number of nitrogens with zero attached hydrogens (tertiary/aromatic N) is 4. The normalized spacial score (nSPS) is 17.8. The number of sulfone groups is 1. The molecule has 1 fully saturated rings. The maximum atomic E-state index is 12.8. The summed E-state index contributed by atoms with van der Waals surface area (Å²) in [5, 5.41) is 15.7. The highest BCUT2D eigenvalue weighted by atomic mass is 35.5. The SMILES string of the molecule is CC(C)(C)OC(=O)N1CCN(Cc2cc(-c3ccc(-c4cccc(S(C)(=O)=O)c4)s3)n(-c3ccccc3Cl)n2)C(C)(C(=O)O)C1. The zero-order chi connectivity index (χ0) is 32.7. The van der Waals surface area contributed by atoms with Crippen molar-refractivity contribution < 1.29 is 27.9 Å². The Morgan fingerprint density at radius 3 is 2.42 bits per heavy atom. The molecule has 1 amide bonds. The second-order valence-corrected chi connectivity index (χ2v) is 15.8. The van der Waals surface area contributed by atoms with Crippen LogP contribution in [0.25, 0.3) is 26.7 Å². The number of halogens is 1. The van der Waals surface area contributed by atoms with Crippen molar-refractivity contribution in [2.75, 3.05) is 25.9 Å². The van der Waals surface area contributed by atoms with Crippen LogP contribution in [-0.4, -0.2) is 82.2 Å². The first-order valence-electron chi connectivity index (χ1n) is 14.3. The van der Waals surface area contributed by atoms with Gasteiger partial charge in [-0.2, -0.15) is 5.10 Å². The zero-order valence-electron chi connectivity index (χ0n) is 25.7. The molecule has 0 bridgehead atoms. The fourth-order valence-electron chi connectivity index (χ4n) is 5.17. The van der Waals surface area contributed by atoms with E-state index in [9.17, 15) is 23.1 Å². The van der Waals surface area contributed by atoms with Crippen LogP contribution in [0.1, 0.15) is 33.4 Å². The zero-order valence-corrected chi connectivity index (χ0v) is 28.0. The first-order valence-corrected chi connectivity index (χ1v) is 17.3. The molecule has 1 unspecified atom stereocenters. The molecule has 1 saturated heterocycles. The van der Waals surface area contributed by atoms with Gasteiger partial charge in [0.1, 0.15) is 11.1 Å². The van der Waals surface area contributed by atoms with Crippen molar-refractivity contribution in [2.24, 2.45) is 0 Å². The van der Waals surface area contributed by atoms with Crippen molar-refractivity contribution in [3.05, 3.63) is 77.4 Å². The third-order valence-corrected chi connectivity index (χ3v) is 10.1. The predicted molar refractivity (Wildman–Crippen MR) is 175 cm³/mol. The number of aromatic nitrogens is 2. The molecular formula is C32H35ClN4O6S2. The average Bonchev–Trinajstić information content (AvgIpc) is 3.61. The highest BCUT2D eigenvalue weighted by Gasteiger charge is 2.46. The Morgan fingerprint density at radius 2 is 1.76 bits per heavy atom. The van der Waals surface area contributed by atoms with Crippen molar-refractivity contribution in [3.8, 4) is 26.7 Å². The van der Waals surface area contributed by atoms with E-state index < -0.39 is 33.0 Å². The number of ether oxygens (including phenoxy) is 1. The molecule has 1 atom stereocenters. The first kappa shape index (κ1) is 32.7. The molecule has 4 aromatic rings. The van der Waals surface area contributed by atoms with Gasteiger partial charge in [0.2, 0.25) is 0 Å². The smallest absolute Gasteiger partial charge is 0.410 e. The summed E-state index contributed by atoms with van der Waals surface area (Å²) in [6.45, 7) is 7.69. The van der Waals surface area contributed by atoms with E-state index in [1.54, 1.807) is 56.6 Å². The van der Waals surface area contributed by atoms with Crippen LogP contribution in [-0.2, 0) is 25.9 Å². The van der Waals surface area contributed by atoms with Crippen molar-refractivity contribution in [1.29, 1.82) is 0 Å². The molecule has 2 aromatic carbocycles. The molecule has 0 saturated carbocycles. The van der Waals surface area contributed by atoms with Crippen molar-refractivity contribution in [3.63, 3.8) is 0 Å². The fourth-order valence-corrected chi connectivity index (χ4v) is 7.06. The number of rotatable bonds is 7. The number of carboxylic acid groups (broad SMARTS) is 1. The molecule has 0 spiro atoms. The van der Waals surface area contributed by atoms with E-state index >= 15 is 0 Å². The molecule has 1 aliphatic heterocycles. The Balaban J connectivity index is 1.49. The molecule has 5 rings (SSSR count). The van der Waals surface area contributed by atoms with Gasteiger partial charge in [-0.05, 0) is 75.7 Å².